The minimum absolute atomic E-state index is 0.0773. The van der Waals surface area contributed by atoms with Crippen LogP contribution in [0.5, 0.6) is 23.0 Å². The van der Waals surface area contributed by atoms with Crippen LogP contribution in [0, 0.1) is 6.07 Å². The Labute approximate surface area is 130 Å². The lowest BCUT2D eigenvalue weighted by Crippen LogP contribution is -2.25. The molecule has 0 spiro atoms. The molecule has 0 bridgehead atoms. The molecule has 1 heterocycles. The summed E-state index contributed by atoms with van der Waals surface area (Å²) in [4.78, 5) is 2.42. The van der Waals surface area contributed by atoms with Crippen LogP contribution in [0.1, 0.15) is 12.8 Å². The molecule has 1 fully saturated rings. The molecule has 0 aromatic heterocycles. The van der Waals surface area contributed by atoms with Crippen LogP contribution in [0.4, 0.5) is 0 Å². The van der Waals surface area contributed by atoms with E-state index >= 15 is 0 Å². The van der Waals surface area contributed by atoms with Crippen LogP contribution in [0.2, 0.25) is 0 Å². The number of nitrogens with zero attached hydrogens (tertiary/aromatic N) is 1. The Morgan fingerprint density at radius 1 is 1.05 bits per heavy atom. The molecular weight excluding hydrogens is 278 g/mol. The van der Waals surface area contributed by atoms with Crippen LogP contribution in [-0.4, -0.2) is 36.2 Å². The van der Waals surface area contributed by atoms with E-state index in [4.69, 9.17) is 9.47 Å². The van der Waals surface area contributed by atoms with Gasteiger partial charge in [-0.1, -0.05) is 12.1 Å². The number of hydrogen-bond acceptors (Lipinski definition) is 4. The zero-order chi connectivity index (χ0) is 15.2. The Hall–Kier alpha value is -2.20. The van der Waals surface area contributed by atoms with Gasteiger partial charge in [-0.15, -0.1) is 0 Å². The van der Waals surface area contributed by atoms with Crippen LogP contribution in [-0.2, 0) is 0 Å². The van der Waals surface area contributed by atoms with Crippen molar-refractivity contribution in [2.24, 2.45) is 0 Å². The van der Waals surface area contributed by atoms with E-state index < -0.39 is 0 Å². The normalized spacial score (nSPS) is 14.9. The third-order valence-electron chi connectivity index (χ3n) is 3.72. The van der Waals surface area contributed by atoms with Gasteiger partial charge in [0.25, 0.3) is 0 Å². The SMILES string of the molecule is Oc1ccc[c]c1Oc1ccc(OCCN2CCCC2)cc1. The first kappa shape index (κ1) is 14.7. The number of rotatable bonds is 6. The second-order valence-corrected chi connectivity index (χ2v) is 5.36. The summed E-state index contributed by atoms with van der Waals surface area (Å²) in [5, 5.41) is 9.66. The van der Waals surface area contributed by atoms with Crippen molar-refractivity contribution in [2.45, 2.75) is 12.8 Å². The van der Waals surface area contributed by atoms with E-state index in [1.807, 2.05) is 24.3 Å². The highest BCUT2D eigenvalue weighted by Gasteiger charge is 2.10. The first-order valence-electron chi connectivity index (χ1n) is 7.64. The standard InChI is InChI=1S/C18H20NO3/c20-17-5-1-2-6-18(17)22-16-9-7-15(8-10-16)21-14-13-19-11-3-4-12-19/h1-2,5,7-10,20H,3-4,11-14H2. The summed E-state index contributed by atoms with van der Waals surface area (Å²) in [5.74, 6) is 1.87. The van der Waals surface area contributed by atoms with Gasteiger partial charge >= 0.3 is 0 Å². The van der Waals surface area contributed by atoms with Crippen molar-refractivity contribution in [1.29, 1.82) is 0 Å². The van der Waals surface area contributed by atoms with Crippen LogP contribution in [0.3, 0.4) is 0 Å². The second-order valence-electron chi connectivity index (χ2n) is 5.36. The Morgan fingerprint density at radius 2 is 1.77 bits per heavy atom. The van der Waals surface area contributed by atoms with Crippen molar-refractivity contribution >= 4 is 0 Å². The van der Waals surface area contributed by atoms with Crippen molar-refractivity contribution in [1.82, 2.24) is 4.90 Å². The average Bonchev–Trinajstić information content (AvgIpc) is 3.05. The van der Waals surface area contributed by atoms with Gasteiger partial charge in [-0.25, -0.2) is 0 Å². The minimum Gasteiger partial charge on any atom is -0.504 e. The fourth-order valence-corrected chi connectivity index (χ4v) is 2.52. The molecule has 1 saturated heterocycles. The number of aromatic hydroxyl groups is 1. The Morgan fingerprint density at radius 3 is 2.50 bits per heavy atom. The molecule has 0 saturated carbocycles. The predicted octanol–water partition coefficient (Wildman–Crippen LogP) is 3.46. The van der Waals surface area contributed by atoms with Crippen molar-refractivity contribution in [3.63, 3.8) is 0 Å². The highest BCUT2D eigenvalue weighted by atomic mass is 16.5. The molecule has 2 aromatic rings. The summed E-state index contributed by atoms with van der Waals surface area (Å²) in [5.41, 5.74) is 0. The number of ether oxygens (including phenoxy) is 2. The van der Waals surface area contributed by atoms with Crippen LogP contribution < -0.4 is 9.47 Å². The molecule has 2 aromatic carbocycles. The lowest BCUT2D eigenvalue weighted by molar-refractivity contribution is 0.237. The topological polar surface area (TPSA) is 41.9 Å². The fourth-order valence-electron chi connectivity index (χ4n) is 2.52. The largest absolute Gasteiger partial charge is 0.504 e. The van der Waals surface area contributed by atoms with Gasteiger partial charge < -0.3 is 14.6 Å². The van der Waals surface area contributed by atoms with Gasteiger partial charge in [0.1, 0.15) is 18.1 Å². The number of likely N-dealkylation sites (tertiary alicyclic amines) is 1. The smallest absolute Gasteiger partial charge is 0.176 e. The number of phenols is 1. The van der Waals surface area contributed by atoms with E-state index in [-0.39, 0.29) is 5.75 Å². The van der Waals surface area contributed by atoms with E-state index in [0.717, 1.165) is 12.3 Å². The maximum absolute atomic E-state index is 9.66. The summed E-state index contributed by atoms with van der Waals surface area (Å²) in [6.45, 7) is 4.05. The molecule has 22 heavy (non-hydrogen) atoms. The number of benzene rings is 2. The van der Waals surface area contributed by atoms with Crippen molar-refractivity contribution < 1.29 is 14.6 Å². The lowest BCUT2D eigenvalue weighted by Gasteiger charge is -2.15. The molecule has 0 atom stereocenters. The van der Waals surface area contributed by atoms with Crippen molar-refractivity contribution in [3.8, 4) is 23.0 Å². The van der Waals surface area contributed by atoms with E-state index in [2.05, 4.69) is 11.0 Å². The van der Waals surface area contributed by atoms with Gasteiger partial charge in [0.05, 0.1) is 0 Å². The van der Waals surface area contributed by atoms with Gasteiger partial charge in [0, 0.05) is 12.6 Å². The number of para-hydroxylation sites is 1. The predicted molar refractivity (Wildman–Crippen MR) is 84.6 cm³/mol. The number of hydrogen-bond donors (Lipinski definition) is 1. The molecule has 4 nitrogen and oxygen atoms in total. The molecule has 1 N–H and O–H groups in total. The molecule has 1 aliphatic heterocycles. The molecule has 3 rings (SSSR count). The van der Waals surface area contributed by atoms with Crippen LogP contribution in [0.15, 0.2) is 42.5 Å². The molecule has 4 heteroatoms. The van der Waals surface area contributed by atoms with Crippen molar-refractivity contribution in [3.05, 3.63) is 48.5 Å². The number of phenolic OH excluding ortho intramolecular Hbond substituents is 1. The molecule has 1 radical (unpaired) electrons. The molecule has 1 aliphatic rings. The highest BCUT2D eigenvalue weighted by Crippen LogP contribution is 2.30. The Kier molecular flexibility index (Phi) is 4.81. The van der Waals surface area contributed by atoms with E-state index in [9.17, 15) is 5.11 Å². The summed E-state index contributed by atoms with van der Waals surface area (Å²) in [7, 11) is 0. The summed E-state index contributed by atoms with van der Waals surface area (Å²) in [6, 6.07) is 15.2. The van der Waals surface area contributed by atoms with Gasteiger partial charge in [0.15, 0.2) is 11.5 Å². The third-order valence-corrected chi connectivity index (χ3v) is 3.72. The fraction of sp³-hybridized carbons (Fsp3) is 0.333. The maximum Gasteiger partial charge on any atom is 0.176 e. The quantitative estimate of drug-likeness (QED) is 0.887. The van der Waals surface area contributed by atoms with Gasteiger partial charge in [0.2, 0.25) is 0 Å². The summed E-state index contributed by atoms with van der Waals surface area (Å²) < 4.78 is 11.3. The van der Waals surface area contributed by atoms with E-state index in [0.29, 0.717) is 18.1 Å². The van der Waals surface area contributed by atoms with Gasteiger partial charge in [-0.3, -0.25) is 4.90 Å². The molecule has 0 unspecified atom stereocenters. The van der Waals surface area contributed by atoms with Crippen LogP contribution >= 0.6 is 0 Å². The Bertz CT molecular complexity index is 592. The zero-order valence-corrected chi connectivity index (χ0v) is 12.5. The lowest BCUT2D eigenvalue weighted by atomic mass is 10.3. The molecular formula is C18H20NO3. The van der Waals surface area contributed by atoms with Gasteiger partial charge in [-0.05, 0) is 56.3 Å². The summed E-state index contributed by atoms with van der Waals surface area (Å²) >= 11 is 0. The van der Waals surface area contributed by atoms with Crippen LogP contribution in [0.25, 0.3) is 0 Å². The first-order valence-corrected chi connectivity index (χ1v) is 7.64. The molecule has 0 aliphatic carbocycles. The minimum atomic E-state index is 0.0773. The maximum atomic E-state index is 9.66. The molecule has 0 amide bonds. The first-order chi connectivity index (χ1) is 10.8. The monoisotopic (exact) mass is 298 g/mol. The van der Waals surface area contributed by atoms with E-state index in [1.165, 1.54) is 25.9 Å². The summed E-state index contributed by atoms with van der Waals surface area (Å²) in [6.07, 6.45) is 2.60. The zero-order valence-electron chi connectivity index (χ0n) is 12.5. The average molecular weight is 298 g/mol. The highest BCUT2D eigenvalue weighted by molar-refractivity contribution is 5.41. The second kappa shape index (κ2) is 7.18. The molecule has 115 valence electrons. The Balaban J connectivity index is 1.50. The third kappa shape index (κ3) is 3.92. The van der Waals surface area contributed by atoms with Crippen molar-refractivity contribution in [2.75, 3.05) is 26.2 Å². The van der Waals surface area contributed by atoms with E-state index in [1.54, 1.807) is 18.2 Å². The van der Waals surface area contributed by atoms with Gasteiger partial charge in [-0.2, -0.15) is 0 Å².